The summed E-state index contributed by atoms with van der Waals surface area (Å²) in [6.07, 6.45) is 0.0442. The minimum Gasteiger partial charge on any atom is -0.495 e. The normalized spacial score (nSPS) is 16.0. The summed E-state index contributed by atoms with van der Waals surface area (Å²) in [5.41, 5.74) is 1.57. The number of carbonyl (C=O) groups excluding carboxylic acids is 3. The number of amides is 2. The van der Waals surface area contributed by atoms with Crippen molar-refractivity contribution in [1.82, 2.24) is 5.32 Å². The lowest BCUT2D eigenvalue weighted by Gasteiger charge is -2.19. The molecule has 1 fully saturated rings. The Labute approximate surface area is 163 Å². The van der Waals surface area contributed by atoms with Gasteiger partial charge in [-0.2, -0.15) is 0 Å². The first-order valence-corrected chi connectivity index (χ1v) is 8.99. The van der Waals surface area contributed by atoms with Gasteiger partial charge in [-0.05, 0) is 17.7 Å². The number of hydrogen-bond donors (Lipinski definition) is 1. The second kappa shape index (κ2) is 9.03. The highest BCUT2D eigenvalue weighted by atomic mass is 16.5. The molecule has 0 radical (unpaired) electrons. The van der Waals surface area contributed by atoms with Gasteiger partial charge in [-0.15, -0.1) is 0 Å². The van der Waals surface area contributed by atoms with Crippen molar-refractivity contribution in [2.75, 3.05) is 25.2 Å². The van der Waals surface area contributed by atoms with Crippen LogP contribution in [0.2, 0.25) is 0 Å². The number of carbonyl (C=O) groups is 3. The van der Waals surface area contributed by atoms with Crippen LogP contribution in [0, 0.1) is 5.92 Å². The van der Waals surface area contributed by atoms with E-state index < -0.39 is 11.9 Å². The summed E-state index contributed by atoms with van der Waals surface area (Å²) in [6, 6.07) is 16.6. The lowest BCUT2D eigenvalue weighted by atomic mass is 10.1. The number of methoxy groups -OCH3 is 1. The molecule has 0 unspecified atom stereocenters. The maximum Gasteiger partial charge on any atom is 0.311 e. The first kappa shape index (κ1) is 19.4. The summed E-state index contributed by atoms with van der Waals surface area (Å²) in [7, 11) is 1.53. The SMILES string of the molecule is COc1ccccc1N1C[C@@H](C(=O)OCC(=O)NCc2ccccc2)CC1=O. The highest BCUT2D eigenvalue weighted by molar-refractivity contribution is 6.00. The van der Waals surface area contributed by atoms with Crippen molar-refractivity contribution in [3.8, 4) is 5.75 Å². The van der Waals surface area contributed by atoms with Crippen LogP contribution in [-0.4, -0.2) is 38.0 Å². The van der Waals surface area contributed by atoms with E-state index in [1.165, 1.54) is 12.0 Å². The van der Waals surface area contributed by atoms with Crippen molar-refractivity contribution < 1.29 is 23.9 Å². The molecule has 7 nitrogen and oxygen atoms in total. The summed E-state index contributed by atoms with van der Waals surface area (Å²) in [5.74, 6) is -1.17. The monoisotopic (exact) mass is 382 g/mol. The van der Waals surface area contributed by atoms with Crippen molar-refractivity contribution in [2.45, 2.75) is 13.0 Å². The van der Waals surface area contributed by atoms with Gasteiger partial charge in [0.15, 0.2) is 6.61 Å². The van der Waals surface area contributed by atoms with Crippen LogP contribution in [0.25, 0.3) is 0 Å². The van der Waals surface area contributed by atoms with Gasteiger partial charge in [0.2, 0.25) is 5.91 Å². The maximum absolute atomic E-state index is 12.3. The summed E-state index contributed by atoms with van der Waals surface area (Å²) in [5, 5.41) is 2.69. The van der Waals surface area contributed by atoms with Crippen LogP contribution < -0.4 is 15.0 Å². The smallest absolute Gasteiger partial charge is 0.311 e. The van der Waals surface area contributed by atoms with Crippen LogP contribution in [0.1, 0.15) is 12.0 Å². The molecule has 3 rings (SSSR count). The Morgan fingerprint density at radius 3 is 2.57 bits per heavy atom. The van der Waals surface area contributed by atoms with E-state index >= 15 is 0 Å². The quantitative estimate of drug-likeness (QED) is 0.740. The van der Waals surface area contributed by atoms with Crippen molar-refractivity contribution in [3.05, 3.63) is 60.2 Å². The van der Waals surface area contributed by atoms with Crippen molar-refractivity contribution >= 4 is 23.5 Å². The molecule has 28 heavy (non-hydrogen) atoms. The molecule has 1 aliphatic heterocycles. The van der Waals surface area contributed by atoms with Crippen LogP contribution in [0.15, 0.2) is 54.6 Å². The highest BCUT2D eigenvalue weighted by Crippen LogP contribution is 2.33. The molecule has 1 heterocycles. The number of rotatable bonds is 7. The third-order valence-electron chi connectivity index (χ3n) is 4.51. The van der Waals surface area contributed by atoms with Crippen LogP contribution in [0.4, 0.5) is 5.69 Å². The number of hydrogen-bond acceptors (Lipinski definition) is 5. The lowest BCUT2D eigenvalue weighted by Crippen LogP contribution is -2.31. The van der Waals surface area contributed by atoms with Gasteiger partial charge in [-0.3, -0.25) is 14.4 Å². The molecule has 0 aliphatic carbocycles. The molecule has 1 saturated heterocycles. The molecular formula is C21H22N2O5. The Morgan fingerprint density at radius 1 is 1.11 bits per heavy atom. The van der Waals surface area contributed by atoms with E-state index in [-0.39, 0.29) is 31.4 Å². The number of nitrogens with zero attached hydrogens (tertiary/aromatic N) is 1. The first-order chi connectivity index (χ1) is 13.6. The van der Waals surface area contributed by atoms with Crippen molar-refractivity contribution in [1.29, 1.82) is 0 Å². The fourth-order valence-corrected chi connectivity index (χ4v) is 3.05. The molecule has 0 aromatic heterocycles. The third kappa shape index (κ3) is 4.68. The fraction of sp³-hybridized carbons (Fsp3) is 0.286. The predicted molar refractivity (Wildman–Crippen MR) is 103 cm³/mol. The molecule has 1 atom stereocenters. The number of nitrogens with one attached hydrogen (secondary N) is 1. The van der Waals surface area contributed by atoms with Gasteiger partial charge >= 0.3 is 5.97 Å². The first-order valence-electron chi connectivity index (χ1n) is 8.99. The number of benzene rings is 2. The average molecular weight is 382 g/mol. The minimum absolute atomic E-state index is 0.0442. The summed E-state index contributed by atoms with van der Waals surface area (Å²) < 4.78 is 10.4. The Balaban J connectivity index is 1.50. The summed E-state index contributed by atoms with van der Waals surface area (Å²) >= 11 is 0. The van der Waals surface area contributed by atoms with E-state index in [0.29, 0.717) is 18.0 Å². The predicted octanol–water partition coefficient (Wildman–Crippen LogP) is 1.91. The van der Waals surface area contributed by atoms with Crippen molar-refractivity contribution in [2.24, 2.45) is 5.92 Å². The zero-order chi connectivity index (χ0) is 19.9. The Hall–Kier alpha value is -3.35. The lowest BCUT2D eigenvalue weighted by molar-refractivity contribution is -0.152. The van der Waals surface area contributed by atoms with Crippen LogP contribution >= 0.6 is 0 Å². The topological polar surface area (TPSA) is 84.9 Å². The van der Waals surface area contributed by atoms with Gasteiger partial charge < -0.3 is 19.7 Å². The van der Waals surface area contributed by atoms with Crippen LogP contribution in [0.5, 0.6) is 5.75 Å². The highest BCUT2D eigenvalue weighted by Gasteiger charge is 2.37. The average Bonchev–Trinajstić information content (AvgIpc) is 3.12. The van der Waals surface area contributed by atoms with Gasteiger partial charge in [0.1, 0.15) is 5.75 Å². The van der Waals surface area contributed by atoms with Gasteiger partial charge in [0, 0.05) is 19.5 Å². The summed E-state index contributed by atoms with van der Waals surface area (Å²) in [4.78, 5) is 38.0. The number of esters is 1. The largest absolute Gasteiger partial charge is 0.495 e. The third-order valence-corrected chi connectivity index (χ3v) is 4.51. The minimum atomic E-state index is -0.612. The van der Waals surface area contributed by atoms with E-state index in [1.54, 1.807) is 18.2 Å². The summed E-state index contributed by atoms with van der Waals surface area (Å²) in [6.45, 7) is 0.190. The van der Waals surface area contributed by atoms with Crippen LogP contribution in [0.3, 0.4) is 0 Å². The van der Waals surface area contributed by atoms with Gasteiger partial charge in [-0.25, -0.2) is 0 Å². The molecule has 2 amide bonds. The number of ether oxygens (including phenoxy) is 2. The van der Waals surface area contributed by atoms with Gasteiger partial charge in [-0.1, -0.05) is 42.5 Å². The fourth-order valence-electron chi connectivity index (χ4n) is 3.05. The Kier molecular flexibility index (Phi) is 6.26. The number of anilines is 1. The van der Waals surface area contributed by atoms with Gasteiger partial charge in [0.25, 0.3) is 5.91 Å². The number of para-hydroxylation sites is 2. The van der Waals surface area contributed by atoms with E-state index in [2.05, 4.69) is 5.32 Å². The zero-order valence-electron chi connectivity index (χ0n) is 15.6. The molecule has 2 aromatic rings. The molecule has 0 bridgehead atoms. The molecule has 0 spiro atoms. The van der Waals surface area contributed by atoms with Crippen LogP contribution in [-0.2, 0) is 25.7 Å². The van der Waals surface area contributed by atoms with E-state index in [9.17, 15) is 14.4 Å². The van der Waals surface area contributed by atoms with E-state index in [1.807, 2.05) is 36.4 Å². The van der Waals surface area contributed by atoms with Crippen molar-refractivity contribution in [3.63, 3.8) is 0 Å². The van der Waals surface area contributed by atoms with Gasteiger partial charge in [0.05, 0.1) is 18.7 Å². The van der Waals surface area contributed by atoms with E-state index in [4.69, 9.17) is 9.47 Å². The molecule has 146 valence electrons. The second-order valence-corrected chi connectivity index (χ2v) is 6.45. The maximum atomic E-state index is 12.3. The van der Waals surface area contributed by atoms with E-state index in [0.717, 1.165) is 5.56 Å². The molecule has 1 N–H and O–H groups in total. The molecule has 0 saturated carbocycles. The second-order valence-electron chi connectivity index (χ2n) is 6.45. The molecule has 2 aromatic carbocycles. The zero-order valence-corrected chi connectivity index (χ0v) is 15.6. The molecule has 7 heteroatoms. The Morgan fingerprint density at radius 2 is 1.82 bits per heavy atom. The molecular weight excluding hydrogens is 360 g/mol. The Bertz CT molecular complexity index is 853. The standard InChI is InChI=1S/C21H22N2O5/c1-27-18-10-6-5-9-17(18)23-13-16(11-20(23)25)21(26)28-14-19(24)22-12-15-7-3-2-4-8-15/h2-10,16H,11-14H2,1H3,(H,22,24)/t16-/m0/s1. The molecule has 1 aliphatic rings.